The average molecular weight is 276 g/mol. The van der Waals surface area contributed by atoms with Gasteiger partial charge in [0.25, 0.3) is 0 Å². The summed E-state index contributed by atoms with van der Waals surface area (Å²) in [7, 11) is 0. The van der Waals surface area contributed by atoms with Gasteiger partial charge in [-0.2, -0.15) is 0 Å². The number of benzene rings is 1. The Morgan fingerprint density at radius 1 is 1.20 bits per heavy atom. The molecule has 0 spiro atoms. The van der Waals surface area contributed by atoms with Gasteiger partial charge in [-0.15, -0.1) is 0 Å². The van der Waals surface area contributed by atoms with Gasteiger partial charge < -0.3 is 9.47 Å². The van der Waals surface area contributed by atoms with Gasteiger partial charge in [0.15, 0.2) is 11.5 Å². The van der Waals surface area contributed by atoms with Gasteiger partial charge in [-0.05, 0) is 56.2 Å². The maximum Gasteiger partial charge on any atom is 0.161 e. The second-order valence-corrected chi connectivity index (χ2v) is 5.76. The third-order valence-electron chi connectivity index (χ3n) is 4.25. The van der Waals surface area contributed by atoms with Crippen LogP contribution in [0.15, 0.2) is 18.2 Å². The summed E-state index contributed by atoms with van der Waals surface area (Å²) >= 11 is 0. The highest BCUT2D eigenvalue weighted by Crippen LogP contribution is 2.35. The van der Waals surface area contributed by atoms with Gasteiger partial charge in [0.05, 0.1) is 12.7 Å². The monoisotopic (exact) mass is 276 g/mol. The highest BCUT2D eigenvalue weighted by molar-refractivity contribution is 5.76. The standard InChI is InChI=1S/C17H24O3/c1-4-19-17-10-14(11-18)6-8-16(17)20-15-7-5-12(2)13(3)9-15/h6,8,10-13,15H,4-5,7,9H2,1-3H3. The Balaban J connectivity index is 2.10. The van der Waals surface area contributed by atoms with Gasteiger partial charge in [0.1, 0.15) is 6.29 Å². The van der Waals surface area contributed by atoms with Crippen LogP contribution in [-0.2, 0) is 0 Å². The number of carbonyl (C=O) groups excluding carboxylic acids is 1. The summed E-state index contributed by atoms with van der Waals surface area (Å²) in [6.07, 6.45) is 4.47. The van der Waals surface area contributed by atoms with E-state index in [1.165, 1.54) is 6.42 Å². The predicted octanol–water partition coefficient (Wildman–Crippen LogP) is 4.10. The number of ether oxygens (including phenoxy) is 2. The predicted molar refractivity (Wildman–Crippen MR) is 79.6 cm³/mol. The van der Waals surface area contributed by atoms with Crippen LogP contribution >= 0.6 is 0 Å². The minimum absolute atomic E-state index is 0.252. The van der Waals surface area contributed by atoms with Crippen LogP contribution in [0.1, 0.15) is 50.4 Å². The number of carbonyl (C=O) groups is 1. The van der Waals surface area contributed by atoms with Crippen molar-refractivity contribution in [1.29, 1.82) is 0 Å². The third-order valence-corrected chi connectivity index (χ3v) is 4.25. The van der Waals surface area contributed by atoms with Crippen LogP contribution in [0.4, 0.5) is 0 Å². The first-order chi connectivity index (χ1) is 9.63. The lowest BCUT2D eigenvalue weighted by molar-refractivity contribution is 0.0968. The molecule has 0 heterocycles. The molecule has 3 heteroatoms. The van der Waals surface area contributed by atoms with Crippen molar-refractivity contribution in [2.24, 2.45) is 11.8 Å². The second-order valence-electron chi connectivity index (χ2n) is 5.76. The van der Waals surface area contributed by atoms with E-state index in [9.17, 15) is 4.79 Å². The highest BCUT2D eigenvalue weighted by atomic mass is 16.5. The highest BCUT2D eigenvalue weighted by Gasteiger charge is 2.26. The van der Waals surface area contributed by atoms with Crippen molar-refractivity contribution < 1.29 is 14.3 Å². The Hall–Kier alpha value is -1.51. The van der Waals surface area contributed by atoms with Crippen LogP contribution in [-0.4, -0.2) is 19.0 Å². The van der Waals surface area contributed by atoms with Crippen LogP contribution in [0.5, 0.6) is 11.5 Å². The molecule has 3 atom stereocenters. The molecule has 0 N–H and O–H groups in total. The molecular weight excluding hydrogens is 252 g/mol. The van der Waals surface area contributed by atoms with Crippen LogP contribution in [0, 0.1) is 11.8 Å². The molecule has 0 saturated heterocycles. The molecule has 110 valence electrons. The summed E-state index contributed by atoms with van der Waals surface area (Å²) in [5.41, 5.74) is 0.617. The quantitative estimate of drug-likeness (QED) is 0.759. The van der Waals surface area contributed by atoms with E-state index >= 15 is 0 Å². The van der Waals surface area contributed by atoms with E-state index in [1.54, 1.807) is 12.1 Å². The molecule has 1 aliphatic carbocycles. The molecule has 0 aliphatic heterocycles. The molecule has 1 aromatic carbocycles. The Morgan fingerprint density at radius 2 is 2.00 bits per heavy atom. The molecule has 1 fully saturated rings. The van der Waals surface area contributed by atoms with Gasteiger partial charge in [0, 0.05) is 5.56 Å². The van der Waals surface area contributed by atoms with Crippen molar-refractivity contribution in [2.75, 3.05) is 6.61 Å². The fraction of sp³-hybridized carbons (Fsp3) is 0.588. The van der Waals surface area contributed by atoms with Crippen LogP contribution in [0.2, 0.25) is 0 Å². The molecule has 0 amide bonds. The molecule has 1 aliphatic rings. The van der Waals surface area contributed by atoms with E-state index in [0.717, 1.165) is 30.8 Å². The summed E-state index contributed by atoms with van der Waals surface area (Å²) in [4.78, 5) is 10.8. The van der Waals surface area contributed by atoms with Crippen LogP contribution in [0.3, 0.4) is 0 Å². The Kier molecular flexibility index (Phi) is 5.05. The zero-order valence-electron chi connectivity index (χ0n) is 12.6. The molecule has 2 rings (SSSR count). The second kappa shape index (κ2) is 6.78. The molecule has 3 unspecified atom stereocenters. The van der Waals surface area contributed by atoms with E-state index in [1.807, 2.05) is 13.0 Å². The van der Waals surface area contributed by atoms with Gasteiger partial charge in [-0.3, -0.25) is 4.79 Å². The summed E-state index contributed by atoms with van der Waals surface area (Å²) in [5, 5.41) is 0. The lowest BCUT2D eigenvalue weighted by Gasteiger charge is -2.32. The summed E-state index contributed by atoms with van der Waals surface area (Å²) in [6.45, 7) is 7.10. The molecule has 0 bridgehead atoms. The van der Waals surface area contributed by atoms with Gasteiger partial charge in [-0.25, -0.2) is 0 Å². The minimum atomic E-state index is 0.252. The zero-order chi connectivity index (χ0) is 14.5. The van der Waals surface area contributed by atoms with Gasteiger partial charge in [-0.1, -0.05) is 13.8 Å². The third kappa shape index (κ3) is 3.53. The molecule has 1 saturated carbocycles. The fourth-order valence-corrected chi connectivity index (χ4v) is 2.75. The van der Waals surface area contributed by atoms with E-state index in [-0.39, 0.29) is 6.10 Å². The first-order valence-electron chi connectivity index (χ1n) is 7.52. The molecule has 0 radical (unpaired) electrons. The van der Waals surface area contributed by atoms with Crippen molar-refractivity contribution >= 4 is 6.29 Å². The van der Waals surface area contributed by atoms with Crippen molar-refractivity contribution in [3.63, 3.8) is 0 Å². The summed E-state index contributed by atoms with van der Waals surface area (Å²) < 4.78 is 11.7. The number of hydrogen-bond donors (Lipinski definition) is 0. The summed E-state index contributed by atoms with van der Waals surface area (Å²) in [6, 6.07) is 5.37. The smallest absolute Gasteiger partial charge is 0.161 e. The van der Waals surface area contributed by atoms with Crippen molar-refractivity contribution in [2.45, 2.75) is 46.1 Å². The number of rotatable bonds is 5. The van der Waals surface area contributed by atoms with Crippen LogP contribution in [0.25, 0.3) is 0 Å². The Bertz CT molecular complexity index is 456. The molecule has 20 heavy (non-hydrogen) atoms. The topological polar surface area (TPSA) is 35.5 Å². The minimum Gasteiger partial charge on any atom is -0.490 e. The van der Waals surface area contributed by atoms with Crippen molar-refractivity contribution in [3.05, 3.63) is 23.8 Å². The lowest BCUT2D eigenvalue weighted by Crippen LogP contribution is -2.28. The molecule has 1 aromatic rings. The van der Waals surface area contributed by atoms with Crippen LogP contribution < -0.4 is 9.47 Å². The first-order valence-corrected chi connectivity index (χ1v) is 7.52. The normalized spacial score (nSPS) is 26.1. The number of hydrogen-bond acceptors (Lipinski definition) is 3. The summed E-state index contributed by atoms with van der Waals surface area (Å²) in [5.74, 6) is 2.89. The zero-order valence-corrected chi connectivity index (χ0v) is 12.6. The van der Waals surface area contributed by atoms with E-state index < -0.39 is 0 Å². The van der Waals surface area contributed by atoms with E-state index in [2.05, 4.69) is 13.8 Å². The molecular formula is C17H24O3. The first kappa shape index (κ1) is 14.9. The Labute approximate surface area is 121 Å². The van der Waals surface area contributed by atoms with Crippen molar-refractivity contribution in [3.8, 4) is 11.5 Å². The average Bonchev–Trinajstić information content (AvgIpc) is 2.45. The van der Waals surface area contributed by atoms with Crippen molar-refractivity contribution in [1.82, 2.24) is 0 Å². The lowest BCUT2D eigenvalue weighted by atomic mass is 9.80. The Morgan fingerprint density at radius 3 is 2.65 bits per heavy atom. The van der Waals surface area contributed by atoms with Gasteiger partial charge in [0.2, 0.25) is 0 Å². The van der Waals surface area contributed by atoms with Gasteiger partial charge >= 0.3 is 0 Å². The number of aldehydes is 1. The maximum atomic E-state index is 10.8. The largest absolute Gasteiger partial charge is 0.490 e. The fourth-order valence-electron chi connectivity index (χ4n) is 2.75. The SMILES string of the molecule is CCOc1cc(C=O)ccc1OC1CCC(C)C(C)C1. The maximum absolute atomic E-state index is 10.8. The molecule has 3 nitrogen and oxygen atoms in total. The molecule has 0 aromatic heterocycles. The van der Waals surface area contributed by atoms with E-state index in [4.69, 9.17) is 9.47 Å². The van der Waals surface area contributed by atoms with E-state index in [0.29, 0.717) is 23.8 Å².